The Hall–Kier alpha value is -1.06. The number of ether oxygens (including phenoxy) is 2. The summed E-state index contributed by atoms with van der Waals surface area (Å²) in [5, 5.41) is 10.4. The van der Waals surface area contributed by atoms with Gasteiger partial charge in [-0.05, 0) is 50.3 Å². The van der Waals surface area contributed by atoms with E-state index in [1.807, 2.05) is 31.2 Å². The summed E-state index contributed by atoms with van der Waals surface area (Å²) in [5.41, 5.74) is 0.473. The first-order valence-corrected chi connectivity index (χ1v) is 6.76. The van der Waals surface area contributed by atoms with Crippen LogP contribution in [0.1, 0.15) is 44.3 Å². The third kappa shape index (κ3) is 2.38. The molecule has 2 atom stereocenters. The van der Waals surface area contributed by atoms with Crippen molar-refractivity contribution in [3.63, 3.8) is 0 Å². The predicted octanol–water partition coefficient (Wildman–Crippen LogP) is 2.83. The monoisotopic (exact) mass is 248 g/mol. The maximum absolute atomic E-state index is 10.4. The molecule has 1 saturated heterocycles. The van der Waals surface area contributed by atoms with Crippen LogP contribution >= 0.6 is 0 Å². The molecule has 1 aromatic rings. The molecule has 1 aliphatic carbocycles. The van der Waals surface area contributed by atoms with E-state index in [1.54, 1.807) is 0 Å². The van der Waals surface area contributed by atoms with Gasteiger partial charge in [0, 0.05) is 6.61 Å². The van der Waals surface area contributed by atoms with Gasteiger partial charge in [-0.1, -0.05) is 12.1 Å². The fraction of sp³-hybridized carbons (Fsp3) is 0.600. The fourth-order valence-corrected chi connectivity index (χ4v) is 2.48. The second-order valence-electron chi connectivity index (χ2n) is 5.55. The van der Waals surface area contributed by atoms with Crippen molar-refractivity contribution in [2.45, 2.75) is 50.4 Å². The minimum absolute atomic E-state index is 0.413. The van der Waals surface area contributed by atoms with Gasteiger partial charge in [0.2, 0.25) is 0 Å². The van der Waals surface area contributed by atoms with Crippen LogP contribution in [0.2, 0.25) is 0 Å². The summed E-state index contributed by atoms with van der Waals surface area (Å²) in [6, 6.07) is 7.76. The van der Waals surface area contributed by atoms with Crippen LogP contribution in [0.5, 0.6) is 5.75 Å². The largest absolute Gasteiger partial charge is 0.490 e. The molecule has 1 aromatic carbocycles. The molecule has 3 nitrogen and oxygen atoms in total. The molecule has 18 heavy (non-hydrogen) atoms. The van der Waals surface area contributed by atoms with Gasteiger partial charge in [0.25, 0.3) is 0 Å². The van der Waals surface area contributed by atoms with E-state index in [9.17, 15) is 5.11 Å². The Morgan fingerprint density at radius 2 is 2.06 bits per heavy atom. The second-order valence-corrected chi connectivity index (χ2v) is 5.55. The molecule has 98 valence electrons. The summed E-state index contributed by atoms with van der Waals surface area (Å²) >= 11 is 0. The molecule has 1 N–H and O–H groups in total. The maximum Gasteiger partial charge on any atom is 0.119 e. The van der Waals surface area contributed by atoms with Gasteiger partial charge >= 0.3 is 0 Å². The minimum atomic E-state index is -0.560. The van der Waals surface area contributed by atoms with Crippen LogP contribution in [0.15, 0.2) is 24.3 Å². The highest BCUT2D eigenvalue weighted by molar-refractivity contribution is 5.30. The number of aliphatic hydroxyl groups excluding tert-OH is 1. The van der Waals surface area contributed by atoms with Gasteiger partial charge in [0.1, 0.15) is 11.9 Å². The molecule has 2 aliphatic rings. The Labute approximate surface area is 108 Å². The van der Waals surface area contributed by atoms with Gasteiger partial charge in [-0.3, -0.25) is 0 Å². The van der Waals surface area contributed by atoms with E-state index in [1.165, 1.54) is 0 Å². The van der Waals surface area contributed by atoms with Crippen LogP contribution in [0.25, 0.3) is 0 Å². The van der Waals surface area contributed by atoms with Gasteiger partial charge in [0.05, 0.1) is 11.7 Å². The van der Waals surface area contributed by atoms with Crippen molar-refractivity contribution < 1.29 is 14.6 Å². The van der Waals surface area contributed by atoms with Crippen LogP contribution in [-0.2, 0) is 4.74 Å². The smallest absolute Gasteiger partial charge is 0.119 e. The molecule has 0 spiro atoms. The summed E-state index contributed by atoms with van der Waals surface area (Å²) in [4.78, 5) is 0. The van der Waals surface area contributed by atoms with Crippen LogP contribution in [0.3, 0.4) is 0 Å². The Balaban J connectivity index is 1.70. The van der Waals surface area contributed by atoms with Crippen LogP contribution in [0.4, 0.5) is 0 Å². The lowest BCUT2D eigenvalue weighted by atomic mass is 9.90. The lowest BCUT2D eigenvalue weighted by Gasteiger charge is -2.29. The van der Waals surface area contributed by atoms with Crippen molar-refractivity contribution in [1.82, 2.24) is 0 Å². The number of rotatable bonds is 4. The van der Waals surface area contributed by atoms with Gasteiger partial charge in [-0.2, -0.15) is 0 Å². The van der Waals surface area contributed by atoms with E-state index < -0.39 is 11.7 Å². The van der Waals surface area contributed by atoms with Crippen molar-refractivity contribution in [1.29, 1.82) is 0 Å². The average molecular weight is 248 g/mol. The molecular formula is C15H20O3. The van der Waals surface area contributed by atoms with Crippen LogP contribution in [-0.4, -0.2) is 23.4 Å². The highest BCUT2D eigenvalue weighted by Crippen LogP contribution is 2.37. The van der Waals surface area contributed by atoms with Gasteiger partial charge in [-0.25, -0.2) is 0 Å². The normalized spacial score (nSPS) is 29.2. The van der Waals surface area contributed by atoms with Crippen molar-refractivity contribution in [3.05, 3.63) is 29.8 Å². The summed E-state index contributed by atoms with van der Waals surface area (Å²) in [6.07, 6.45) is 4.11. The zero-order valence-electron chi connectivity index (χ0n) is 10.8. The number of benzene rings is 1. The summed E-state index contributed by atoms with van der Waals surface area (Å²) in [5.74, 6) is 0.894. The Kier molecular flexibility index (Phi) is 3.04. The molecule has 2 unspecified atom stereocenters. The van der Waals surface area contributed by atoms with Gasteiger partial charge in [-0.15, -0.1) is 0 Å². The number of hydrogen-bond acceptors (Lipinski definition) is 3. The molecule has 1 aliphatic heterocycles. The standard InChI is InChI=1S/C15H20O3/c1-15(9-2-10-17-15)14(16)11-3-5-12(6-4-11)18-13-7-8-13/h3-6,13-14,16H,2,7-10H2,1H3. The lowest BCUT2D eigenvalue weighted by molar-refractivity contribution is -0.0796. The van der Waals surface area contributed by atoms with E-state index >= 15 is 0 Å². The third-order valence-corrected chi connectivity index (χ3v) is 3.85. The lowest BCUT2D eigenvalue weighted by Crippen LogP contribution is -2.31. The van der Waals surface area contributed by atoms with E-state index in [2.05, 4.69) is 0 Å². The molecule has 3 heteroatoms. The van der Waals surface area contributed by atoms with Crippen molar-refractivity contribution in [2.24, 2.45) is 0 Å². The van der Waals surface area contributed by atoms with E-state index in [0.717, 1.165) is 43.6 Å². The van der Waals surface area contributed by atoms with E-state index in [-0.39, 0.29) is 0 Å². The van der Waals surface area contributed by atoms with Crippen molar-refractivity contribution in [2.75, 3.05) is 6.61 Å². The van der Waals surface area contributed by atoms with E-state index in [4.69, 9.17) is 9.47 Å². The second kappa shape index (κ2) is 4.56. The van der Waals surface area contributed by atoms with E-state index in [0.29, 0.717) is 6.10 Å². The zero-order valence-corrected chi connectivity index (χ0v) is 10.8. The Bertz CT molecular complexity index is 402. The first kappa shape index (κ1) is 12.0. The Morgan fingerprint density at radius 3 is 2.61 bits per heavy atom. The molecule has 1 heterocycles. The molecule has 2 fully saturated rings. The topological polar surface area (TPSA) is 38.7 Å². The molecule has 0 amide bonds. The summed E-state index contributed by atoms with van der Waals surface area (Å²) < 4.78 is 11.4. The predicted molar refractivity (Wildman–Crippen MR) is 68.6 cm³/mol. The first-order chi connectivity index (χ1) is 8.67. The quantitative estimate of drug-likeness (QED) is 0.890. The van der Waals surface area contributed by atoms with Gasteiger partial charge < -0.3 is 14.6 Å². The highest BCUT2D eigenvalue weighted by Gasteiger charge is 2.38. The average Bonchev–Trinajstić information content (AvgIpc) is 3.09. The molecule has 0 aromatic heterocycles. The van der Waals surface area contributed by atoms with Crippen LogP contribution < -0.4 is 4.74 Å². The molecule has 1 saturated carbocycles. The maximum atomic E-state index is 10.4. The van der Waals surface area contributed by atoms with Crippen LogP contribution in [0, 0.1) is 0 Å². The van der Waals surface area contributed by atoms with Crippen molar-refractivity contribution >= 4 is 0 Å². The summed E-state index contributed by atoms with van der Waals surface area (Å²) in [7, 11) is 0. The number of aliphatic hydroxyl groups is 1. The molecule has 3 rings (SSSR count). The third-order valence-electron chi connectivity index (χ3n) is 3.85. The number of hydrogen-bond donors (Lipinski definition) is 1. The molecule has 0 bridgehead atoms. The fourth-order valence-electron chi connectivity index (χ4n) is 2.48. The highest BCUT2D eigenvalue weighted by atomic mass is 16.5. The molecular weight excluding hydrogens is 228 g/mol. The first-order valence-electron chi connectivity index (χ1n) is 6.76. The van der Waals surface area contributed by atoms with Gasteiger partial charge in [0.15, 0.2) is 0 Å². The Morgan fingerprint density at radius 1 is 1.33 bits per heavy atom. The summed E-state index contributed by atoms with van der Waals surface area (Å²) in [6.45, 7) is 2.73. The molecule has 0 radical (unpaired) electrons. The zero-order chi connectivity index (χ0) is 12.6. The van der Waals surface area contributed by atoms with Crippen molar-refractivity contribution in [3.8, 4) is 5.75 Å². The minimum Gasteiger partial charge on any atom is -0.490 e. The SMILES string of the molecule is CC1(C(O)c2ccc(OC3CC3)cc2)CCCO1.